The molecule has 0 aliphatic carbocycles. The lowest BCUT2D eigenvalue weighted by Gasteiger charge is -2.08. The molecule has 72 valence electrons. The van der Waals surface area contributed by atoms with Gasteiger partial charge in [0.2, 0.25) is 0 Å². The van der Waals surface area contributed by atoms with Gasteiger partial charge in [-0.05, 0) is 6.92 Å². The van der Waals surface area contributed by atoms with Crippen LogP contribution >= 0.6 is 0 Å². The van der Waals surface area contributed by atoms with E-state index in [0.717, 1.165) is 0 Å². The standard InChI is InChI=1S/C8H8N4O2/c1-5(8(13)14)11-7-2-6(3-9)4-10-12-7/h2,4-5H,1H3,(H,11,12)(H,13,14). The molecule has 1 aromatic heterocycles. The normalized spacial score (nSPS) is 11.4. The van der Waals surface area contributed by atoms with Crippen LogP contribution in [0.15, 0.2) is 12.3 Å². The second-order valence-electron chi connectivity index (χ2n) is 2.65. The third-order valence-corrected chi connectivity index (χ3v) is 1.52. The molecule has 0 fully saturated rings. The Morgan fingerprint density at radius 3 is 3.07 bits per heavy atom. The number of nitrogens with one attached hydrogen (secondary N) is 1. The zero-order valence-corrected chi connectivity index (χ0v) is 7.43. The minimum atomic E-state index is -0.992. The summed E-state index contributed by atoms with van der Waals surface area (Å²) in [6.45, 7) is 1.48. The molecule has 6 nitrogen and oxygen atoms in total. The van der Waals surface area contributed by atoms with Crippen molar-refractivity contribution < 1.29 is 9.90 Å². The second-order valence-corrected chi connectivity index (χ2v) is 2.65. The van der Waals surface area contributed by atoms with E-state index in [9.17, 15) is 4.79 Å². The lowest BCUT2D eigenvalue weighted by molar-refractivity contribution is -0.137. The number of aromatic nitrogens is 2. The number of carboxylic acid groups (broad SMARTS) is 1. The van der Waals surface area contributed by atoms with Crippen LogP contribution < -0.4 is 5.32 Å². The van der Waals surface area contributed by atoms with E-state index in [-0.39, 0.29) is 5.82 Å². The summed E-state index contributed by atoms with van der Waals surface area (Å²) in [5.74, 6) is -0.715. The molecule has 0 aromatic carbocycles. The summed E-state index contributed by atoms with van der Waals surface area (Å²) < 4.78 is 0. The van der Waals surface area contributed by atoms with Gasteiger partial charge in [-0.2, -0.15) is 10.4 Å². The Balaban J connectivity index is 2.78. The zero-order valence-electron chi connectivity index (χ0n) is 7.43. The number of carboxylic acids is 1. The number of nitrogens with zero attached hydrogens (tertiary/aromatic N) is 3. The summed E-state index contributed by atoms with van der Waals surface area (Å²) in [5.41, 5.74) is 0.333. The maximum absolute atomic E-state index is 10.5. The monoisotopic (exact) mass is 192 g/mol. The molecule has 14 heavy (non-hydrogen) atoms. The van der Waals surface area contributed by atoms with Crippen molar-refractivity contribution in [3.05, 3.63) is 17.8 Å². The fourth-order valence-corrected chi connectivity index (χ4v) is 0.782. The van der Waals surface area contributed by atoms with Gasteiger partial charge in [-0.25, -0.2) is 0 Å². The topological polar surface area (TPSA) is 98.9 Å². The van der Waals surface area contributed by atoms with E-state index in [1.807, 2.05) is 6.07 Å². The smallest absolute Gasteiger partial charge is 0.325 e. The average Bonchev–Trinajstić information content (AvgIpc) is 2.18. The van der Waals surface area contributed by atoms with E-state index in [4.69, 9.17) is 10.4 Å². The van der Waals surface area contributed by atoms with E-state index in [1.54, 1.807) is 0 Å². The Hall–Kier alpha value is -2.16. The Bertz CT molecular complexity index is 385. The number of aliphatic carboxylic acids is 1. The molecule has 6 heteroatoms. The summed E-state index contributed by atoms with van der Waals surface area (Å²) in [5, 5.41) is 26.9. The highest BCUT2D eigenvalue weighted by molar-refractivity contribution is 5.76. The molecule has 0 amide bonds. The average molecular weight is 192 g/mol. The van der Waals surface area contributed by atoms with Gasteiger partial charge in [0.05, 0.1) is 11.8 Å². The molecule has 2 N–H and O–H groups in total. The summed E-state index contributed by atoms with van der Waals surface area (Å²) in [6, 6.07) is 2.55. The van der Waals surface area contributed by atoms with Crippen molar-refractivity contribution in [1.82, 2.24) is 10.2 Å². The van der Waals surface area contributed by atoms with Crippen molar-refractivity contribution in [2.45, 2.75) is 13.0 Å². The Kier molecular flexibility index (Phi) is 2.97. The van der Waals surface area contributed by atoms with Crippen LogP contribution in [0.1, 0.15) is 12.5 Å². The van der Waals surface area contributed by atoms with Crippen molar-refractivity contribution in [1.29, 1.82) is 5.26 Å². The summed E-state index contributed by atoms with van der Waals surface area (Å²) >= 11 is 0. The third kappa shape index (κ3) is 2.42. The van der Waals surface area contributed by atoms with E-state index in [1.165, 1.54) is 19.2 Å². The molecule has 0 bridgehead atoms. The van der Waals surface area contributed by atoms with Gasteiger partial charge in [-0.1, -0.05) is 0 Å². The van der Waals surface area contributed by atoms with E-state index >= 15 is 0 Å². The predicted octanol–water partition coefficient (Wildman–Crippen LogP) is 0.233. The van der Waals surface area contributed by atoms with Crippen LogP contribution in [-0.4, -0.2) is 27.3 Å². The molecule has 0 radical (unpaired) electrons. The van der Waals surface area contributed by atoms with Crippen LogP contribution in [-0.2, 0) is 4.79 Å². The lowest BCUT2D eigenvalue weighted by Crippen LogP contribution is -2.26. The number of rotatable bonds is 3. The van der Waals surface area contributed by atoms with Gasteiger partial charge < -0.3 is 10.4 Å². The number of nitriles is 1. The van der Waals surface area contributed by atoms with Gasteiger partial charge >= 0.3 is 5.97 Å². The third-order valence-electron chi connectivity index (χ3n) is 1.52. The molecule has 1 rings (SSSR count). The molecule has 0 saturated heterocycles. The second kappa shape index (κ2) is 4.18. The summed E-state index contributed by atoms with van der Waals surface area (Å²) in [4.78, 5) is 10.5. The van der Waals surface area contributed by atoms with Crippen LogP contribution in [0.25, 0.3) is 0 Å². The minimum absolute atomic E-state index is 0.277. The maximum atomic E-state index is 10.5. The van der Waals surface area contributed by atoms with E-state index in [2.05, 4.69) is 15.5 Å². The van der Waals surface area contributed by atoms with Gasteiger partial charge in [-0.3, -0.25) is 4.79 Å². The predicted molar refractivity (Wildman–Crippen MR) is 47.5 cm³/mol. The molecule has 0 aliphatic rings. The Morgan fingerprint density at radius 1 is 1.79 bits per heavy atom. The minimum Gasteiger partial charge on any atom is -0.480 e. The molecule has 0 aliphatic heterocycles. The summed E-state index contributed by atoms with van der Waals surface area (Å²) in [7, 11) is 0. The molecule has 0 spiro atoms. The molecule has 0 saturated carbocycles. The first-order valence-electron chi connectivity index (χ1n) is 3.85. The highest BCUT2D eigenvalue weighted by Crippen LogP contribution is 2.05. The molecular formula is C8H8N4O2. The van der Waals surface area contributed by atoms with Gasteiger partial charge in [-0.15, -0.1) is 5.10 Å². The molecule has 1 aromatic rings. The van der Waals surface area contributed by atoms with Crippen molar-refractivity contribution in [3.63, 3.8) is 0 Å². The maximum Gasteiger partial charge on any atom is 0.325 e. The fraction of sp³-hybridized carbons (Fsp3) is 0.250. The molecular weight excluding hydrogens is 184 g/mol. The van der Waals surface area contributed by atoms with Gasteiger partial charge in [0.25, 0.3) is 0 Å². The van der Waals surface area contributed by atoms with Crippen LogP contribution in [0.2, 0.25) is 0 Å². The largest absolute Gasteiger partial charge is 0.480 e. The van der Waals surface area contributed by atoms with Crippen LogP contribution in [0.4, 0.5) is 5.82 Å². The number of carbonyl (C=O) groups is 1. The number of hydrogen-bond donors (Lipinski definition) is 2. The SMILES string of the molecule is CC(Nc1cc(C#N)cnn1)C(=O)O. The van der Waals surface area contributed by atoms with Gasteiger partial charge in [0.1, 0.15) is 12.1 Å². The summed E-state index contributed by atoms with van der Waals surface area (Å²) in [6.07, 6.45) is 1.30. The van der Waals surface area contributed by atoms with Crippen molar-refractivity contribution >= 4 is 11.8 Å². The lowest BCUT2D eigenvalue weighted by atomic mass is 10.3. The van der Waals surface area contributed by atoms with Crippen molar-refractivity contribution in [2.24, 2.45) is 0 Å². The Labute approximate surface area is 80.2 Å². The van der Waals surface area contributed by atoms with Crippen molar-refractivity contribution in [2.75, 3.05) is 5.32 Å². The zero-order chi connectivity index (χ0) is 10.6. The van der Waals surface area contributed by atoms with Crippen molar-refractivity contribution in [3.8, 4) is 6.07 Å². The molecule has 1 atom stereocenters. The molecule has 1 heterocycles. The first kappa shape index (κ1) is 9.92. The van der Waals surface area contributed by atoms with E-state index in [0.29, 0.717) is 5.56 Å². The van der Waals surface area contributed by atoms with Crippen LogP contribution in [0.3, 0.4) is 0 Å². The number of anilines is 1. The molecule has 1 unspecified atom stereocenters. The first-order valence-corrected chi connectivity index (χ1v) is 3.85. The highest BCUT2D eigenvalue weighted by Gasteiger charge is 2.10. The first-order chi connectivity index (χ1) is 6.63. The van der Waals surface area contributed by atoms with Gasteiger partial charge in [0.15, 0.2) is 5.82 Å². The highest BCUT2D eigenvalue weighted by atomic mass is 16.4. The van der Waals surface area contributed by atoms with Crippen LogP contribution in [0.5, 0.6) is 0 Å². The van der Waals surface area contributed by atoms with E-state index < -0.39 is 12.0 Å². The van der Waals surface area contributed by atoms with Crippen LogP contribution in [0, 0.1) is 11.3 Å². The van der Waals surface area contributed by atoms with Gasteiger partial charge in [0, 0.05) is 6.07 Å². The fourth-order valence-electron chi connectivity index (χ4n) is 0.782. The quantitative estimate of drug-likeness (QED) is 0.711. The Morgan fingerprint density at radius 2 is 2.50 bits per heavy atom. The number of hydrogen-bond acceptors (Lipinski definition) is 5.